The van der Waals surface area contributed by atoms with Crippen molar-refractivity contribution in [2.45, 2.75) is 24.1 Å². The number of methoxy groups -OCH3 is 1. The first-order valence-corrected chi connectivity index (χ1v) is 13.0. The smallest absolute Gasteiger partial charge is 0.315 e. The molecule has 0 unspecified atom stereocenters. The number of hydrogen-bond donors (Lipinski definition) is 0. The lowest BCUT2D eigenvalue weighted by atomic mass is 9.97. The van der Waals surface area contributed by atoms with Crippen molar-refractivity contribution in [1.29, 1.82) is 0 Å². The van der Waals surface area contributed by atoms with Gasteiger partial charge in [-0.05, 0) is 37.3 Å². The third-order valence-corrected chi connectivity index (χ3v) is 9.00. The van der Waals surface area contributed by atoms with Crippen LogP contribution in [-0.4, -0.2) is 28.8 Å². The van der Waals surface area contributed by atoms with Crippen LogP contribution in [0, 0.1) is 5.92 Å². The van der Waals surface area contributed by atoms with Gasteiger partial charge in [-0.1, -0.05) is 57.6 Å². The summed E-state index contributed by atoms with van der Waals surface area (Å²) >= 11 is 4.73. The Morgan fingerprint density at radius 3 is 2.72 bits per heavy atom. The van der Waals surface area contributed by atoms with Crippen molar-refractivity contribution in [3.8, 4) is 17.1 Å². The van der Waals surface area contributed by atoms with Crippen LogP contribution in [0.5, 0.6) is 5.75 Å². The van der Waals surface area contributed by atoms with Gasteiger partial charge >= 0.3 is 5.97 Å². The fraction of sp³-hybridized carbons (Fsp3) is 0.222. The van der Waals surface area contributed by atoms with Gasteiger partial charge in [0.1, 0.15) is 34.8 Å². The average molecular weight is 563 g/mol. The molecule has 3 aliphatic rings. The largest absolute Gasteiger partial charge is 0.481 e. The molecule has 1 spiro atoms. The lowest BCUT2D eigenvalue weighted by Gasteiger charge is -2.26. The number of fused-ring (bicyclic) bond motifs is 4. The maximum atomic E-state index is 13.8. The number of thiazole rings is 1. The summed E-state index contributed by atoms with van der Waals surface area (Å²) in [4.78, 5) is 32.0. The fourth-order valence-corrected chi connectivity index (χ4v) is 7.13. The Balaban J connectivity index is 1.38. The molecule has 0 bridgehead atoms. The summed E-state index contributed by atoms with van der Waals surface area (Å²) < 4.78 is 20.7. The number of carbonyl (C=O) groups is 1. The van der Waals surface area contributed by atoms with Crippen molar-refractivity contribution in [3.05, 3.63) is 96.1 Å². The molecule has 7 nitrogen and oxygen atoms in total. The van der Waals surface area contributed by atoms with E-state index in [1.165, 1.54) is 18.4 Å². The molecule has 7 rings (SSSR count). The predicted molar refractivity (Wildman–Crippen MR) is 137 cm³/mol. The second-order valence-electron chi connectivity index (χ2n) is 9.33. The lowest BCUT2D eigenvalue weighted by Crippen LogP contribution is -2.47. The fourth-order valence-electron chi connectivity index (χ4n) is 5.79. The Hall–Kier alpha value is -3.43. The van der Waals surface area contributed by atoms with Crippen molar-refractivity contribution >= 4 is 39.3 Å². The van der Waals surface area contributed by atoms with E-state index in [9.17, 15) is 9.59 Å². The Morgan fingerprint density at radius 2 is 1.94 bits per heavy atom. The Labute approximate surface area is 217 Å². The first-order chi connectivity index (χ1) is 17.4. The zero-order valence-corrected chi connectivity index (χ0v) is 21.6. The summed E-state index contributed by atoms with van der Waals surface area (Å²) in [6.07, 6.45) is 1.75. The Morgan fingerprint density at radius 1 is 1.17 bits per heavy atom. The highest BCUT2D eigenvalue weighted by atomic mass is 79.9. The van der Waals surface area contributed by atoms with Crippen LogP contribution in [0.2, 0.25) is 0 Å². The number of esters is 1. The first-order valence-electron chi connectivity index (χ1n) is 11.4. The quantitative estimate of drug-likeness (QED) is 0.356. The normalized spacial score (nSPS) is 27.2. The molecule has 1 saturated carbocycles. The van der Waals surface area contributed by atoms with Gasteiger partial charge in [0.15, 0.2) is 10.4 Å². The van der Waals surface area contributed by atoms with Crippen LogP contribution in [0.25, 0.3) is 17.4 Å². The van der Waals surface area contributed by atoms with E-state index in [-0.39, 0.29) is 11.5 Å². The summed E-state index contributed by atoms with van der Waals surface area (Å²) in [7, 11) is 1.37. The minimum absolute atomic E-state index is 0.192. The standard InChI is InChI=1S/C27H19BrN2O5S/c1-26-21(24(32)33-2)27(26)22(17-5-3-4-6-19(17)35-27)30-23(31)20(36-25(30)29-26)13-16-11-12-18(34-16)14-7-9-15(28)10-8-14/h3-13,21-22H,1-2H3/b20-13-/t21-,22+,26+,27+/m0/s1. The van der Waals surface area contributed by atoms with Crippen molar-refractivity contribution in [3.63, 3.8) is 0 Å². The van der Waals surface area contributed by atoms with Gasteiger partial charge in [-0.25, -0.2) is 4.99 Å². The predicted octanol–water partition coefficient (Wildman–Crippen LogP) is 3.68. The van der Waals surface area contributed by atoms with Crippen molar-refractivity contribution in [2.24, 2.45) is 10.9 Å². The van der Waals surface area contributed by atoms with E-state index in [0.29, 0.717) is 26.6 Å². The van der Waals surface area contributed by atoms with Crippen LogP contribution in [0.1, 0.15) is 24.3 Å². The molecule has 0 amide bonds. The average Bonchev–Trinajstić information content (AvgIpc) is 3.28. The number of para-hydroxylation sites is 1. The Kier molecular flexibility index (Phi) is 4.43. The molecule has 9 heteroatoms. The summed E-state index contributed by atoms with van der Waals surface area (Å²) in [6, 6.07) is 18.7. The number of hydrogen-bond acceptors (Lipinski definition) is 7. The van der Waals surface area contributed by atoms with Gasteiger partial charge in [0.25, 0.3) is 5.56 Å². The van der Waals surface area contributed by atoms with Gasteiger partial charge < -0.3 is 13.9 Å². The van der Waals surface area contributed by atoms with E-state index >= 15 is 0 Å². The molecule has 0 N–H and O–H groups in total. The summed E-state index contributed by atoms with van der Waals surface area (Å²) in [5, 5.41) is 0. The van der Waals surface area contributed by atoms with Crippen LogP contribution in [0.4, 0.5) is 0 Å². The summed E-state index contributed by atoms with van der Waals surface area (Å²) in [5.41, 5.74) is -0.203. The van der Waals surface area contributed by atoms with E-state index in [2.05, 4.69) is 15.9 Å². The van der Waals surface area contributed by atoms with E-state index in [1.54, 1.807) is 10.6 Å². The topological polar surface area (TPSA) is 83.0 Å². The first kappa shape index (κ1) is 21.8. The minimum Gasteiger partial charge on any atom is -0.481 e. The number of carbonyl (C=O) groups excluding carboxylic acids is 1. The number of benzene rings is 2. The zero-order chi connectivity index (χ0) is 24.8. The van der Waals surface area contributed by atoms with Gasteiger partial charge in [-0.2, -0.15) is 0 Å². The molecular weight excluding hydrogens is 544 g/mol. The lowest BCUT2D eigenvalue weighted by molar-refractivity contribution is -0.144. The van der Waals surface area contributed by atoms with Crippen molar-refractivity contribution in [1.82, 2.24) is 4.57 Å². The molecule has 36 heavy (non-hydrogen) atoms. The SMILES string of the molecule is COC(=O)[C@@H]1[C@@]23Oc4ccccc4[C@H]2n2c(s/c(=C\c4ccc(-c5ccc(Br)cc5)o4)c2=O)=N[C@]13C. The van der Waals surface area contributed by atoms with E-state index in [0.717, 1.165) is 15.6 Å². The van der Waals surface area contributed by atoms with Gasteiger partial charge in [0.2, 0.25) is 0 Å². The molecule has 4 aromatic rings. The number of ether oxygens (including phenoxy) is 2. The van der Waals surface area contributed by atoms with Crippen LogP contribution in [0.15, 0.2) is 79.3 Å². The maximum absolute atomic E-state index is 13.8. The molecule has 2 aromatic carbocycles. The molecule has 2 aliphatic heterocycles. The van der Waals surface area contributed by atoms with Crippen LogP contribution in [-0.2, 0) is 9.53 Å². The third-order valence-electron chi connectivity index (χ3n) is 7.49. The molecule has 1 aliphatic carbocycles. The van der Waals surface area contributed by atoms with Crippen LogP contribution >= 0.6 is 27.3 Å². The van der Waals surface area contributed by atoms with Crippen LogP contribution < -0.4 is 19.6 Å². The van der Waals surface area contributed by atoms with E-state index in [4.69, 9.17) is 18.9 Å². The highest BCUT2D eigenvalue weighted by Crippen LogP contribution is 2.70. The van der Waals surface area contributed by atoms with E-state index in [1.807, 2.05) is 67.6 Å². The number of halogens is 1. The minimum atomic E-state index is -0.988. The monoisotopic (exact) mass is 562 g/mol. The van der Waals surface area contributed by atoms with Gasteiger partial charge in [0, 0.05) is 21.7 Å². The number of rotatable bonds is 3. The molecule has 2 aromatic heterocycles. The maximum Gasteiger partial charge on any atom is 0.315 e. The number of furan rings is 1. The molecule has 0 radical (unpaired) electrons. The number of aromatic nitrogens is 1. The van der Waals surface area contributed by atoms with Crippen molar-refractivity contribution in [2.75, 3.05) is 7.11 Å². The summed E-state index contributed by atoms with van der Waals surface area (Å²) in [6.45, 7) is 1.90. The molecule has 180 valence electrons. The molecule has 0 saturated heterocycles. The van der Waals surface area contributed by atoms with Crippen molar-refractivity contribution < 1.29 is 18.7 Å². The second-order valence-corrected chi connectivity index (χ2v) is 11.3. The van der Waals surface area contributed by atoms with Gasteiger partial charge in [-0.3, -0.25) is 14.2 Å². The summed E-state index contributed by atoms with van der Waals surface area (Å²) in [5.74, 6) is 0.962. The third kappa shape index (κ3) is 2.70. The number of nitrogens with zero attached hydrogens (tertiary/aromatic N) is 2. The highest BCUT2D eigenvalue weighted by molar-refractivity contribution is 9.10. The Bertz CT molecular complexity index is 1750. The molecule has 1 fully saturated rings. The van der Waals surface area contributed by atoms with E-state index < -0.39 is 23.1 Å². The highest BCUT2D eigenvalue weighted by Gasteiger charge is 2.88. The molecular formula is C27H19BrN2O5S. The van der Waals surface area contributed by atoms with Gasteiger partial charge in [-0.15, -0.1) is 0 Å². The molecule has 4 heterocycles. The van der Waals surface area contributed by atoms with Gasteiger partial charge in [0.05, 0.1) is 11.6 Å². The van der Waals surface area contributed by atoms with Crippen LogP contribution in [0.3, 0.4) is 0 Å². The molecule has 4 atom stereocenters. The zero-order valence-electron chi connectivity index (χ0n) is 19.2. The second kappa shape index (κ2) is 7.30.